The quantitative estimate of drug-likeness (QED) is 0.486. The highest BCUT2D eigenvalue weighted by Gasteiger charge is 2.48. The van der Waals surface area contributed by atoms with Gasteiger partial charge in [-0.05, 0) is 27.7 Å². The smallest absolute Gasteiger partial charge is 0.355 e. The van der Waals surface area contributed by atoms with Gasteiger partial charge in [-0.15, -0.1) is 0 Å². The second kappa shape index (κ2) is 4.62. The maximum Gasteiger partial charge on any atom is 0.355 e. The van der Waals surface area contributed by atoms with E-state index in [4.69, 9.17) is 5.11 Å². The third-order valence-electron chi connectivity index (χ3n) is 2.46. The van der Waals surface area contributed by atoms with E-state index >= 15 is 0 Å². The Hall–Kier alpha value is -1.76. The van der Waals surface area contributed by atoms with Gasteiger partial charge in [-0.1, -0.05) is 0 Å². The van der Waals surface area contributed by atoms with Gasteiger partial charge in [0.2, 0.25) is 5.60 Å². The van der Waals surface area contributed by atoms with E-state index in [9.17, 15) is 24.3 Å². The Balaban J connectivity index is 5.20. The van der Waals surface area contributed by atoms with Gasteiger partial charge in [0.25, 0.3) is 5.60 Å². The van der Waals surface area contributed by atoms with Gasteiger partial charge in [-0.3, -0.25) is 9.59 Å². The molecule has 2 N–H and O–H groups in total. The number of esters is 1. The maximum atomic E-state index is 11.4. The molecule has 96 valence electrons. The van der Waals surface area contributed by atoms with Crippen molar-refractivity contribution in [2.75, 3.05) is 0 Å². The molecular weight excluding hydrogens is 232 g/mol. The van der Waals surface area contributed by atoms with E-state index in [1.807, 2.05) is 0 Å². The minimum absolute atomic E-state index is 0.861. The minimum Gasteiger partial charge on any atom is -0.478 e. The molecule has 0 spiro atoms. The monoisotopic (exact) mass is 246 g/mol. The Kier molecular flexibility index (Phi) is 4.14. The molecule has 2 unspecified atom stereocenters. The van der Waals surface area contributed by atoms with Crippen LogP contribution in [0.1, 0.15) is 27.7 Å². The molecule has 0 bridgehead atoms. The molecule has 0 saturated heterocycles. The molecule has 0 aliphatic rings. The van der Waals surface area contributed by atoms with Crippen molar-refractivity contribution in [3.63, 3.8) is 0 Å². The van der Waals surface area contributed by atoms with E-state index in [0.717, 1.165) is 27.7 Å². The van der Waals surface area contributed by atoms with Gasteiger partial charge in [0, 0.05) is 0 Å². The van der Waals surface area contributed by atoms with Crippen LogP contribution in [0.15, 0.2) is 0 Å². The maximum absolute atomic E-state index is 11.4. The number of carboxylic acids is 1. The molecule has 0 aliphatic heterocycles. The van der Waals surface area contributed by atoms with Crippen LogP contribution in [0, 0.1) is 0 Å². The lowest BCUT2D eigenvalue weighted by atomic mass is 9.99. The summed E-state index contributed by atoms with van der Waals surface area (Å²) in [5, 5.41) is 18.3. The highest BCUT2D eigenvalue weighted by Crippen LogP contribution is 2.18. The van der Waals surface area contributed by atoms with Crippen LogP contribution in [0.25, 0.3) is 0 Å². The summed E-state index contributed by atoms with van der Waals surface area (Å²) in [5.41, 5.74) is -4.90. The van der Waals surface area contributed by atoms with E-state index in [2.05, 4.69) is 4.74 Å². The van der Waals surface area contributed by atoms with Crippen LogP contribution >= 0.6 is 0 Å². The summed E-state index contributed by atoms with van der Waals surface area (Å²) in [7, 11) is 0. The molecule has 0 fully saturated rings. The number of carbonyl (C=O) groups excluding carboxylic acids is 3. The number of carboxylic acid groups (broad SMARTS) is 1. The van der Waals surface area contributed by atoms with Gasteiger partial charge in [-0.2, -0.15) is 0 Å². The zero-order valence-corrected chi connectivity index (χ0v) is 9.94. The van der Waals surface area contributed by atoms with Crippen molar-refractivity contribution >= 4 is 23.5 Å². The molecule has 0 amide bonds. The molecule has 0 aromatic heterocycles. The first-order valence-corrected chi connectivity index (χ1v) is 4.67. The third-order valence-corrected chi connectivity index (χ3v) is 2.46. The third kappa shape index (κ3) is 2.88. The van der Waals surface area contributed by atoms with Crippen molar-refractivity contribution in [2.45, 2.75) is 38.9 Å². The lowest BCUT2D eigenvalue weighted by molar-refractivity contribution is -0.191. The first kappa shape index (κ1) is 15.2. The standard InChI is InChI=1S/C10H14O7/c1-5(11)9(3,16)8(15)17-10(4,6(2)12)7(13)14/h16H,1-4H3,(H,13,14). The number of aliphatic carboxylic acids is 1. The largest absolute Gasteiger partial charge is 0.478 e. The highest BCUT2D eigenvalue weighted by molar-refractivity contribution is 6.10. The summed E-state index contributed by atoms with van der Waals surface area (Å²) in [6.07, 6.45) is 0. The van der Waals surface area contributed by atoms with E-state index < -0.39 is 34.7 Å². The van der Waals surface area contributed by atoms with Crippen LogP contribution in [0.5, 0.6) is 0 Å². The normalized spacial score (nSPS) is 17.5. The van der Waals surface area contributed by atoms with Gasteiger partial charge < -0.3 is 14.9 Å². The molecule has 7 heteroatoms. The molecule has 0 saturated carbocycles. The predicted octanol–water partition coefficient (Wildman–Crippen LogP) is -0.698. The molecular formula is C10H14O7. The molecule has 0 rings (SSSR count). The van der Waals surface area contributed by atoms with E-state index in [0.29, 0.717) is 0 Å². The van der Waals surface area contributed by atoms with Gasteiger partial charge in [0.1, 0.15) is 0 Å². The molecule has 7 nitrogen and oxygen atoms in total. The number of hydrogen-bond donors (Lipinski definition) is 2. The molecule has 0 aromatic carbocycles. The number of Topliss-reactive ketones (excluding diaryl/α,β-unsaturated/α-hetero) is 2. The first-order chi connectivity index (χ1) is 7.46. The molecule has 0 aliphatic carbocycles. The molecule has 17 heavy (non-hydrogen) atoms. The van der Waals surface area contributed by atoms with Gasteiger partial charge in [-0.25, -0.2) is 9.59 Å². The summed E-state index contributed by atoms with van der Waals surface area (Å²) < 4.78 is 4.43. The Labute approximate surface area is 97.4 Å². The Morgan fingerprint density at radius 2 is 1.41 bits per heavy atom. The second-order valence-electron chi connectivity index (χ2n) is 3.91. The SMILES string of the molecule is CC(=O)C(C)(O)C(=O)OC(C)(C(C)=O)C(=O)O. The van der Waals surface area contributed by atoms with Gasteiger partial charge in [0.15, 0.2) is 11.6 Å². The number of ketones is 2. The van der Waals surface area contributed by atoms with Crippen LogP contribution in [-0.4, -0.2) is 44.9 Å². The van der Waals surface area contributed by atoms with Crippen molar-refractivity contribution in [3.05, 3.63) is 0 Å². The van der Waals surface area contributed by atoms with Crippen molar-refractivity contribution in [1.29, 1.82) is 0 Å². The van der Waals surface area contributed by atoms with Crippen LogP contribution in [0.3, 0.4) is 0 Å². The fraction of sp³-hybridized carbons (Fsp3) is 0.600. The summed E-state index contributed by atoms with van der Waals surface area (Å²) in [6.45, 7) is 3.59. The predicted molar refractivity (Wildman–Crippen MR) is 54.1 cm³/mol. The molecule has 0 aromatic rings. The fourth-order valence-electron chi connectivity index (χ4n) is 0.695. The fourth-order valence-corrected chi connectivity index (χ4v) is 0.695. The summed E-state index contributed by atoms with van der Waals surface area (Å²) in [4.78, 5) is 44.3. The van der Waals surface area contributed by atoms with Crippen molar-refractivity contribution in [2.24, 2.45) is 0 Å². The van der Waals surface area contributed by atoms with E-state index in [-0.39, 0.29) is 0 Å². The number of ether oxygens (including phenoxy) is 1. The van der Waals surface area contributed by atoms with Crippen LogP contribution in [0.4, 0.5) is 0 Å². The van der Waals surface area contributed by atoms with Crippen molar-refractivity contribution < 1.29 is 34.1 Å². The van der Waals surface area contributed by atoms with E-state index in [1.165, 1.54) is 0 Å². The number of hydrogen-bond acceptors (Lipinski definition) is 6. The lowest BCUT2D eigenvalue weighted by Crippen LogP contribution is -2.53. The summed E-state index contributed by atoms with van der Waals surface area (Å²) in [6, 6.07) is 0. The summed E-state index contributed by atoms with van der Waals surface area (Å²) in [5.74, 6) is -5.01. The Bertz CT molecular complexity index is 366. The Morgan fingerprint density at radius 1 is 1.00 bits per heavy atom. The zero-order chi connectivity index (χ0) is 14.0. The minimum atomic E-state index is -2.48. The lowest BCUT2D eigenvalue weighted by Gasteiger charge is -2.26. The van der Waals surface area contributed by atoms with Crippen molar-refractivity contribution in [1.82, 2.24) is 0 Å². The number of carbonyl (C=O) groups is 4. The first-order valence-electron chi connectivity index (χ1n) is 4.67. The molecule has 0 radical (unpaired) electrons. The van der Waals surface area contributed by atoms with Gasteiger partial charge in [0.05, 0.1) is 0 Å². The average Bonchev–Trinajstić information content (AvgIpc) is 2.16. The van der Waals surface area contributed by atoms with Crippen molar-refractivity contribution in [3.8, 4) is 0 Å². The molecule has 0 heterocycles. The van der Waals surface area contributed by atoms with Crippen LogP contribution in [-0.2, 0) is 23.9 Å². The summed E-state index contributed by atoms with van der Waals surface area (Å²) >= 11 is 0. The van der Waals surface area contributed by atoms with E-state index in [1.54, 1.807) is 0 Å². The van der Waals surface area contributed by atoms with Gasteiger partial charge >= 0.3 is 11.9 Å². The number of aliphatic hydroxyl groups is 1. The Morgan fingerprint density at radius 3 is 1.65 bits per heavy atom. The molecule has 2 atom stereocenters. The topological polar surface area (TPSA) is 118 Å². The second-order valence-corrected chi connectivity index (χ2v) is 3.91. The zero-order valence-electron chi connectivity index (χ0n) is 9.94. The highest BCUT2D eigenvalue weighted by atomic mass is 16.6. The number of rotatable bonds is 5. The van der Waals surface area contributed by atoms with Crippen LogP contribution in [0.2, 0.25) is 0 Å². The average molecular weight is 246 g/mol. The van der Waals surface area contributed by atoms with Crippen LogP contribution < -0.4 is 0 Å².